The van der Waals surface area contributed by atoms with E-state index in [1.807, 2.05) is 17.7 Å². The van der Waals surface area contributed by atoms with Gasteiger partial charge in [-0.25, -0.2) is 4.79 Å². The van der Waals surface area contributed by atoms with Crippen molar-refractivity contribution in [1.82, 2.24) is 20.0 Å². The van der Waals surface area contributed by atoms with Crippen molar-refractivity contribution in [1.29, 1.82) is 0 Å². The highest BCUT2D eigenvalue weighted by atomic mass is 16.4. The van der Waals surface area contributed by atoms with Crippen LogP contribution in [0.25, 0.3) is 10.9 Å². The minimum absolute atomic E-state index is 0.345. The molecule has 3 saturated heterocycles. The number of piperidine rings is 3. The molecule has 1 aromatic carbocycles. The maximum Gasteiger partial charge on any atom is 0.336 e. The number of aromatic nitrogens is 2. The Morgan fingerprint density at radius 3 is 2.79 bits per heavy atom. The van der Waals surface area contributed by atoms with Crippen molar-refractivity contribution in [3.8, 4) is 0 Å². The summed E-state index contributed by atoms with van der Waals surface area (Å²) in [7, 11) is 0. The maximum atomic E-state index is 11.6. The quantitative estimate of drug-likeness (QED) is 0.878. The number of carbonyl (C=O) groups is 1. The summed E-state index contributed by atoms with van der Waals surface area (Å²) in [4.78, 5) is 14.1. The monoisotopic (exact) mass is 328 g/mol. The van der Waals surface area contributed by atoms with Crippen molar-refractivity contribution in [2.75, 3.05) is 19.6 Å². The van der Waals surface area contributed by atoms with Gasteiger partial charge in [0.2, 0.25) is 0 Å². The van der Waals surface area contributed by atoms with Crippen LogP contribution in [-0.4, -0.2) is 51.4 Å². The number of aromatic carboxylic acids is 1. The number of hydrogen-bond acceptors (Lipinski definition) is 4. The molecule has 128 valence electrons. The summed E-state index contributed by atoms with van der Waals surface area (Å²) in [5.41, 5.74) is 2.10. The van der Waals surface area contributed by atoms with Crippen LogP contribution in [0.2, 0.25) is 0 Å². The van der Waals surface area contributed by atoms with Gasteiger partial charge in [0.25, 0.3) is 0 Å². The van der Waals surface area contributed by atoms with Crippen LogP contribution in [0.3, 0.4) is 0 Å². The molecule has 2 bridgehead atoms. The van der Waals surface area contributed by atoms with Gasteiger partial charge in [0.15, 0.2) is 0 Å². The summed E-state index contributed by atoms with van der Waals surface area (Å²) >= 11 is 0. The Labute approximate surface area is 141 Å². The second-order valence-electron chi connectivity index (χ2n) is 6.89. The van der Waals surface area contributed by atoms with Gasteiger partial charge in [-0.2, -0.15) is 5.10 Å². The third-order valence-electron chi connectivity index (χ3n) is 5.57. The van der Waals surface area contributed by atoms with E-state index in [1.54, 1.807) is 12.1 Å². The summed E-state index contributed by atoms with van der Waals surface area (Å²) in [5.74, 6) is -0.145. The fourth-order valence-corrected chi connectivity index (χ4v) is 4.28. The normalized spacial score (nSPS) is 26.1. The lowest BCUT2D eigenvalue weighted by Crippen LogP contribution is -2.55. The zero-order valence-electron chi connectivity index (χ0n) is 14.0. The summed E-state index contributed by atoms with van der Waals surface area (Å²) in [5, 5.41) is 18.6. The van der Waals surface area contributed by atoms with Crippen molar-refractivity contribution < 1.29 is 9.90 Å². The lowest BCUT2D eigenvalue weighted by molar-refractivity contribution is 0.0698. The standard InChI is InChI=1S/C18H24N4O2/c1-2-22-16-5-3-4-13(18(23)24)17(16)14(20-22)10-19-15-11-21-8-6-12(15)7-9-21/h3-5,12,15,19H,2,6-11H2,1H3,(H,23,24)/t15-/m0/s1. The summed E-state index contributed by atoms with van der Waals surface area (Å²) in [6, 6.07) is 5.91. The van der Waals surface area contributed by atoms with Crippen LogP contribution in [0.1, 0.15) is 35.8 Å². The molecule has 0 spiro atoms. The Bertz CT molecular complexity index is 762. The second-order valence-corrected chi connectivity index (χ2v) is 6.89. The first-order valence-electron chi connectivity index (χ1n) is 8.84. The van der Waals surface area contributed by atoms with E-state index in [9.17, 15) is 9.90 Å². The van der Waals surface area contributed by atoms with E-state index in [1.165, 1.54) is 25.9 Å². The highest BCUT2D eigenvalue weighted by Crippen LogP contribution is 2.28. The van der Waals surface area contributed by atoms with Gasteiger partial charge >= 0.3 is 5.97 Å². The van der Waals surface area contributed by atoms with Gasteiger partial charge < -0.3 is 15.3 Å². The van der Waals surface area contributed by atoms with Crippen LogP contribution >= 0.6 is 0 Å². The molecule has 6 nitrogen and oxygen atoms in total. The van der Waals surface area contributed by atoms with Crippen molar-refractivity contribution in [3.05, 3.63) is 29.5 Å². The van der Waals surface area contributed by atoms with Gasteiger partial charge in [0.1, 0.15) is 0 Å². The largest absolute Gasteiger partial charge is 0.478 e. The van der Waals surface area contributed by atoms with Gasteiger partial charge in [-0.15, -0.1) is 0 Å². The van der Waals surface area contributed by atoms with Crippen LogP contribution < -0.4 is 5.32 Å². The number of aryl methyl sites for hydroxylation is 1. The van der Waals surface area contributed by atoms with Crippen LogP contribution in [0.15, 0.2) is 18.2 Å². The fraction of sp³-hybridized carbons (Fsp3) is 0.556. The molecule has 3 aliphatic heterocycles. The number of benzene rings is 1. The van der Waals surface area contributed by atoms with E-state index < -0.39 is 5.97 Å². The molecule has 2 aromatic rings. The molecule has 0 radical (unpaired) electrons. The Hall–Kier alpha value is -1.92. The molecule has 3 aliphatic rings. The van der Waals surface area contributed by atoms with Crippen LogP contribution in [0.5, 0.6) is 0 Å². The molecule has 3 fully saturated rings. The maximum absolute atomic E-state index is 11.6. The highest BCUT2D eigenvalue weighted by Gasteiger charge is 2.33. The van der Waals surface area contributed by atoms with E-state index in [0.717, 1.165) is 35.6 Å². The van der Waals surface area contributed by atoms with Gasteiger partial charge in [-0.1, -0.05) is 6.07 Å². The van der Waals surface area contributed by atoms with E-state index in [4.69, 9.17) is 0 Å². The summed E-state index contributed by atoms with van der Waals surface area (Å²) in [6.07, 6.45) is 2.53. The predicted octanol–water partition coefficient (Wildman–Crippen LogP) is 1.94. The van der Waals surface area contributed by atoms with Gasteiger partial charge in [-0.05, 0) is 50.9 Å². The fourth-order valence-electron chi connectivity index (χ4n) is 4.28. The minimum atomic E-state index is -0.889. The third-order valence-corrected chi connectivity index (χ3v) is 5.57. The first-order chi connectivity index (χ1) is 11.7. The minimum Gasteiger partial charge on any atom is -0.478 e. The Balaban J connectivity index is 1.62. The van der Waals surface area contributed by atoms with Crippen LogP contribution in [-0.2, 0) is 13.1 Å². The smallest absolute Gasteiger partial charge is 0.336 e. The number of nitrogens with one attached hydrogen (secondary N) is 1. The topological polar surface area (TPSA) is 70.4 Å². The lowest BCUT2D eigenvalue weighted by atomic mass is 9.84. The highest BCUT2D eigenvalue weighted by molar-refractivity contribution is 6.03. The molecule has 5 rings (SSSR count). The molecule has 0 saturated carbocycles. The third kappa shape index (κ3) is 2.59. The zero-order valence-corrected chi connectivity index (χ0v) is 14.0. The van der Waals surface area contributed by atoms with Gasteiger partial charge in [-0.3, -0.25) is 4.68 Å². The summed E-state index contributed by atoms with van der Waals surface area (Å²) in [6.45, 7) is 6.94. The average molecular weight is 328 g/mol. The SMILES string of the molecule is CCn1nc(CN[C@H]2CN3CCC2CC3)c2c(C(=O)O)cccc21. The molecule has 24 heavy (non-hydrogen) atoms. The van der Waals surface area contributed by atoms with E-state index >= 15 is 0 Å². The first-order valence-corrected chi connectivity index (χ1v) is 8.84. The number of carboxylic acid groups (broad SMARTS) is 1. The second kappa shape index (κ2) is 6.18. The molecule has 2 N–H and O–H groups in total. The Morgan fingerprint density at radius 1 is 1.38 bits per heavy atom. The Morgan fingerprint density at radius 2 is 2.17 bits per heavy atom. The number of carboxylic acids is 1. The summed E-state index contributed by atoms with van der Waals surface area (Å²) < 4.78 is 1.90. The van der Waals surface area contributed by atoms with Crippen molar-refractivity contribution in [2.45, 2.75) is 38.9 Å². The number of nitrogens with zero attached hydrogens (tertiary/aromatic N) is 3. The molecule has 4 heterocycles. The first kappa shape index (κ1) is 15.6. The molecule has 1 atom stereocenters. The molecular formula is C18H24N4O2. The molecule has 0 aliphatic carbocycles. The van der Waals surface area contributed by atoms with Crippen LogP contribution in [0, 0.1) is 5.92 Å². The van der Waals surface area contributed by atoms with Gasteiger partial charge in [0, 0.05) is 31.1 Å². The number of fused-ring (bicyclic) bond motifs is 4. The molecule has 6 heteroatoms. The molecular weight excluding hydrogens is 304 g/mol. The zero-order chi connectivity index (χ0) is 16.7. The predicted molar refractivity (Wildman–Crippen MR) is 92.2 cm³/mol. The molecule has 0 amide bonds. The van der Waals surface area contributed by atoms with Gasteiger partial charge in [0.05, 0.1) is 16.8 Å². The van der Waals surface area contributed by atoms with E-state index in [0.29, 0.717) is 18.2 Å². The van der Waals surface area contributed by atoms with Crippen LogP contribution in [0.4, 0.5) is 0 Å². The van der Waals surface area contributed by atoms with E-state index in [-0.39, 0.29) is 0 Å². The van der Waals surface area contributed by atoms with Crippen molar-refractivity contribution >= 4 is 16.9 Å². The van der Waals surface area contributed by atoms with Crippen molar-refractivity contribution in [2.24, 2.45) is 5.92 Å². The number of hydrogen-bond donors (Lipinski definition) is 2. The molecule has 0 unspecified atom stereocenters. The molecule has 1 aromatic heterocycles. The lowest BCUT2D eigenvalue weighted by Gasteiger charge is -2.45. The Kier molecular flexibility index (Phi) is 4.02. The van der Waals surface area contributed by atoms with Crippen molar-refractivity contribution in [3.63, 3.8) is 0 Å². The number of rotatable bonds is 5. The average Bonchev–Trinajstić information content (AvgIpc) is 2.99. The van der Waals surface area contributed by atoms with E-state index in [2.05, 4.69) is 15.3 Å².